The fourth-order valence-corrected chi connectivity index (χ4v) is 1.56. The molecule has 1 atom stereocenters. The van der Waals surface area contributed by atoms with Gasteiger partial charge in [-0.05, 0) is 5.56 Å². The fraction of sp³-hybridized carbons (Fsp3) is 0.308. The van der Waals surface area contributed by atoms with Crippen LogP contribution >= 0.6 is 0 Å². The number of rotatable bonds is 6. The fourth-order valence-electron chi connectivity index (χ4n) is 1.56. The van der Waals surface area contributed by atoms with E-state index in [2.05, 4.69) is 5.32 Å². The Morgan fingerprint density at radius 2 is 1.80 bits per heavy atom. The largest absolute Gasteiger partial charge is 0.481 e. The van der Waals surface area contributed by atoms with Crippen LogP contribution in [0, 0.1) is 0 Å². The van der Waals surface area contributed by atoms with Crippen LogP contribution in [0.5, 0.6) is 0 Å². The average molecular weight is 280 g/mol. The molecule has 0 heterocycles. The molecule has 7 heteroatoms. The minimum absolute atomic E-state index is 0.298. The molecule has 1 rings (SSSR count). The van der Waals surface area contributed by atoms with E-state index in [9.17, 15) is 14.4 Å². The number of hydrogen-bond donors (Lipinski definition) is 3. The van der Waals surface area contributed by atoms with Crippen LogP contribution in [0.1, 0.15) is 12.0 Å². The number of hydrogen-bond acceptors (Lipinski definition) is 3. The average Bonchev–Trinajstić information content (AvgIpc) is 2.38. The van der Waals surface area contributed by atoms with Gasteiger partial charge in [0.2, 0.25) is 0 Å². The standard InChI is InChI=1S/C13H16N2O5/c1-15(8-9-5-3-2-4-6-9)13(20)14-10(12(18)19)7-11(16)17/h2-6,10H,7-8H2,1H3,(H,14,20)(H,16,17)(H,18,19)/t10-/m1/s1. The maximum atomic E-state index is 11.8. The summed E-state index contributed by atoms with van der Waals surface area (Å²) in [5, 5.41) is 19.6. The lowest BCUT2D eigenvalue weighted by Crippen LogP contribution is -2.47. The van der Waals surface area contributed by atoms with Gasteiger partial charge in [0, 0.05) is 13.6 Å². The maximum Gasteiger partial charge on any atom is 0.326 e. The third-order valence-corrected chi connectivity index (χ3v) is 2.58. The molecule has 1 aromatic carbocycles. The Labute approximate surface area is 115 Å². The third-order valence-electron chi connectivity index (χ3n) is 2.58. The van der Waals surface area contributed by atoms with E-state index in [-0.39, 0.29) is 0 Å². The molecule has 0 saturated heterocycles. The first kappa shape index (κ1) is 15.5. The van der Waals surface area contributed by atoms with Crippen LogP contribution in [-0.4, -0.2) is 46.2 Å². The van der Waals surface area contributed by atoms with Crippen molar-refractivity contribution in [3.8, 4) is 0 Å². The van der Waals surface area contributed by atoms with Crippen molar-refractivity contribution in [2.45, 2.75) is 19.0 Å². The Bertz CT molecular complexity index is 489. The van der Waals surface area contributed by atoms with Gasteiger partial charge in [-0.25, -0.2) is 9.59 Å². The topological polar surface area (TPSA) is 107 Å². The minimum Gasteiger partial charge on any atom is -0.481 e. The van der Waals surface area contributed by atoms with Crippen molar-refractivity contribution in [2.24, 2.45) is 0 Å². The zero-order chi connectivity index (χ0) is 15.1. The summed E-state index contributed by atoms with van der Waals surface area (Å²) in [6.45, 7) is 0.298. The van der Waals surface area contributed by atoms with Crippen molar-refractivity contribution >= 4 is 18.0 Å². The molecule has 3 N–H and O–H groups in total. The molecule has 108 valence electrons. The predicted molar refractivity (Wildman–Crippen MR) is 70.1 cm³/mol. The van der Waals surface area contributed by atoms with E-state index in [1.807, 2.05) is 30.3 Å². The maximum absolute atomic E-state index is 11.8. The first-order chi connectivity index (χ1) is 9.40. The predicted octanol–water partition coefficient (Wildman–Crippen LogP) is 0.756. The van der Waals surface area contributed by atoms with Gasteiger partial charge in [0.15, 0.2) is 0 Å². The number of nitrogens with one attached hydrogen (secondary N) is 1. The van der Waals surface area contributed by atoms with Gasteiger partial charge in [-0.15, -0.1) is 0 Å². The lowest BCUT2D eigenvalue weighted by atomic mass is 10.2. The number of amides is 2. The number of aliphatic carboxylic acids is 2. The number of nitrogens with zero attached hydrogens (tertiary/aromatic N) is 1. The highest BCUT2D eigenvalue weighted by Crippen LogP contribution is 2.03. The van der Waals surface area contributed by atoms with Crippen molar-refractivity contribution in [2.75, 3.05) is 7.05 Å². The SMILES string of the molecule is CN(Cc1ccccc1)C(=O)N[C@H](CC(=O)O)C(=O)O. The van der Waals surface area contributed by atoms with Crippen LogP contribution in [-0.2, 0) is 16.1 Å². The molecule has 0 aliphatic carbocycles. The van der Waals surface area contributed by atoms with Gasteiger partial charge < -0.3 is 20.4 Å². The summed E-state index contributed by atoms with van der Waals surface area (Å²) >= 11 is 0. The van der Waals surface area contributed by atoms with Crippen LogP contribution < -0.4 is 5.32 Å². The van der Waals surface area contributed by atoms with Crippen molar-refractivity contribution < 1.29 is 24.6 Å². The highest BCUT2D eigenvalue weighted by Gasteiger charge is 2.24. The van der Waals surface area contributed by atoms with Gasteiger partial charge in [0.25, 0.3) is 0 Å². The molecule has 0 aliphatic rings. The number of urea groups is 1. The van der Waals surface area contributed by atoms with Gasteiger partial charge >= 0.3 is 18.0 Å². The molecular weight excluding hydrogens is 264 g/mol. The summed E-state index contributed by atoms with van der Waals surface area (Å²) in [6.07, 6.45) is -0.666. The van der Waals surface area contributed by atoms with E-state index in [4.69, 9.17) is 10.2 Å². The van der Waals surface area contributed by atoms with Gasteiger partial charge in [-0.3, -0.25) is 4.79 Å². The van der Waals surface area contributed by atoms with Crippen LogP contribution in [0.2, 0.25) is 0 Å². The van der Waals surface area contributed by atoms with Crippen molar-refractivity contribution in [1.82, 2.24) is 10.2 Å². The zero-order valence-electron chi connectivity index (χ0n) is 10.9. The summed E-state index contributed by atoms with van der Waals surface area (Å²) in [5.41, 5.74) is 0.884. The molecule has 0 aromatic heterocycles. The first-order valence-corrected chi connectivity index (χ1v) is 5.90. The second kappa shape index (κ2) is 7.13. The summed E-state index contributed by atoms with van der Waals surface area (Å²) in [7, 11) is 1.50. The highest BCUT2D eigenvalue weighted by molar-refractivity contribution is 5.86. The Morgan fingerprint density at radius 3 is 2.30 bits per heavy atom. The molecular formula is C13H16N2O5. The van der Waals surface area contributed by atoms with E-state index >= 15 is 0 Å². The lowest BCUT2D eigenvalue weighted by Gasteiger charge is -2.20. The van der Waals surface area contributed by atoms with Gasteiger partial charge in [0.1, 0.15) is 6.04 Å². The molecule has 0 radical (unpaired) electrons. The second-order valence-electron chi connectivity index (χ2n) is 4.28. The van der Waals surface area contributed by atoms with E-state index in [1.54, 1.807) is 0 Å². The van der Waals surface area contributed by atoms with Crippen molar-refractivity contribution in [1.29, 1.82) is 0 Å². The van der Waals surface area contributed by atoms with Gasteiger partial charge in [-0.1, -0.05) is 30.3 Å². The Hall–Kier alpha value is -2.57. The summed E-state index contributed by atoms with van der Waals surface area (Å²) in [6, 6.07) is 7.07. The minimum atomic E-state index is -1.45. The smallest absolute Gasteiger partial charge is 0.326 e. The van der Waals surface area contributed by atoms with Gasteiger partial charge in [0.05, 0.1) is 6.42 Å². The number of carbonyl (C=O) groups excluding carboxylic acids is 1. The lowest BCUT2D eigenvalue weighted by molar-refractivity contribution is -0.145. The molecule has 7 nitrogen and oxygen atoms in total. The van der Waals surface area contributed by atoms with Crippen LogP contribution in [0.4, 0.5) is 4.79 Å². The molecule has 0 saturated carbocycles. The normalized spacial score (nSPS) is 11.4. The molecule has 2 amide bonds. The molecule has 1 aromatic rings. The van der Waals surface area contributed by atoms with E-state index in [1.165, 1.54) is 11.9 Å². The monoisotopic (exact) mass is 280 g/mol. The Balaban J connectivity index is 2.59. The van der Waals surface area contributed by atoms with Crippen molar-refractivity contribution in [3.63, 3.8) is 0 Å². The summed E-state index contributed by atoms with van der Waals surface area (Å²) < 4.78 is 0. The highest BCUT2D eigenvalue weighted by atomic mass is 16.4. The van der Waals surface area contributed by atoms with E-state index in [0.717, 1.165) is 5.56 Å². The molecule has 0 bridgehead atoms. The molecule has 0 fully saturated rings. The molecule has 20 heavy (non-hydrogen) atoms. The number of carboxylic acids is 2. The first-order valence-electron chi connectivity index (χ1n) is 5.90. The summed E-state index contributed by atoms with van der Waals surface area (Å²) in [5.74, 6) is -2.67. The summed E-state index contributed by atoms with van der Waals surface area (Å²) in [4.78, 5) is 34.5. The second-order valence-corrected chi connectivity index (χ2v) is 4.28. The number of carbonyl (C=O) groups is 3. The van der Waals surface area contributed by atoms with Crippen molar-refractivity contribution in [3.05, 3.63) is 35.9 Å². The van der Waals surface area contributed by atoms with E-state index in [0.29, 0.717) is 6.54 Å². The number of carboxylic acid groups (broad SMARTS) is 2. The van der Waals surface area contributed by atoms with E-state index < -0.39 is 30.4 Å². The quantitative estimate of drug-likeness (QED) is 0.713. The molecule has 0 aliphatic heterocycles. The third kappa shape index (κ3) is 4.97. The molecule has 0 spiro atoms. The van der Waals surface area contributed by atoms with Crippen LogP contribution in [0.3, 0.4) is 0 Å². The van der Waals surface area contributed by atoms with Crippen LogP contribution in [0.25, 0.3) is 0 Å². The number of benzene rings is 1. The Morgan fingerprint density at radius 1 is 1.20 bits per heavy atom. The zero-order valence-corrected chi connectivity index (χ0v) is 10.9. The molecule has 0 unspecified atom stereocenters. The Kier molecular flexibility index (Phi) is 5.52. The van der Waals surface area contributed by atoms with Crippen LogP contribution in [0.15, 0.2) is 30.3 Å². The van der Waals surface area contributed by atoms with Gasteiger partial charge in [-0.2, -0.15) is 0 Å².